The van der Waals surface area contributed by atoms with E-state index in [1.165, 1.54) is 0 Å². The lowest BCUT2D eigenvalue weighted by Crippen LogP contribution is -2.63. The lowest BCUT2D eigenvalue weighted by atomic mass is 9.72. The highest BCUT2D eigenvalue weighted by Gasteiger charge is 2.47. The van der Waals surface area contributed by atoms with Gasteiger partial charge in [-0.05, 0) is 53.2 Å². The van der Waals surface area contributed by atoms with Gasteiger partial charge in [-0.3, -0.25) is 9.69 Å². The summed E-state index contributed by atoms with van der Waals surface area (Å²) in [5.41, 5.74) is 1.52. The molecular weight excluding hydrogens is 346 g/mol. The van der Waals surface area contributed by atoms with E-state index in [1.54, 1.807) is 6.20 Å². The minimum Gasteiger partial charge on any atom is -0.381 e. The van der Waals surface area contributed by atoms with Crippen LogP contribution in [0.25, 0.3) is 0 Å². The third-order valence-corrected chi connectivity index (χ3v) is 5.67. The number of rotatable bonds is 1. The van der Waals surface area contributed by atoms with E-state index < -0.39 is 0 Å². The molecule has 6 heteroatoms. The number of nitrogens with one attached hydrogen (secondary N) is 1. The third-order valence-electron chi connectivity index (χ3n) is 5.24. The SMILES string of the molecule is O=C1Nc2ncc(Br)cc2CCC1N1CC2(CCOCC2)C1. The topological polar surface area (TPSA) is 54.5 Å². The fraction of sp³-hybridized carbons (Fsp3) is 0.625. The molecule has 4 heterocycles. The summed E-state index contributed by atoms with van der Waals surface area (Å²) in [5, 5.41) is 3.00. The van der Waals surface area contributed by atoms with Crippen molar-refractivity contribution < 1.29 is 9.53 Å². The number of nitrogens with zero attached hydrogens (tertiary/aromatic N) is 2. The van der Waals surface area contributed by atoms with Crippen LogP contribution >= 0.6 is 15.9 Å². The van der Waals surface area contributed by atoms with Gasteiger partial charge in [-0.2, -0.15) is 0 Å². The number of fused-ring (bicyclic) bond motifs is 1. The Kier molecular flexibility index (Phi) is 3.71. The molecule has 0 bridgehead atoms. The van der Waals surface area contributed by atoms with Crippen molar-refractivity contribution in [2.45, 2.75) is 31.7 Å². The highest BCUT2D eigenvalue weighted by Crippen LogP contribution is 2.41. The van der Waals surface area contributed by atoms with Crippen molar-refractivity contribution in [3.05, 3.63) is 22.3 Å². The number of likely N-dealkylation sites (tertiary alicyclic amines) is 1. The Morgan fingerprint density at radius 1 is 1.36 bits per heavy atom. The first kappa shape index (κ1) is 14.6. The highest BCUT2D eigenvalue weighted by molar-refractivity contribution is 9.10. The van der Waals surface area contributed by atoms with Crippen LogP contribution in [0.3, 0.4) is 0 Å². The average molecular weight is 366 g/mol. The molecule has 1 atom stereocenters. The molecule has 118 valence electrons. The van der Waals surface area contributed by atoms with Gasteiger partial charge in [0.05, 0.1) is 6.04 Å². The number of anilines is 1. The first-order valence-electron chi connectivity index (χ1n) is 7.92. The zero-order valence-electron chi connectivity index (χ0n) is 12.5. The van der Waals surface area contributed by atoms with Gasteiger partial charge in [0, 0.05) is 42.4 Å². The molecule has 1 amide bonds. The van der Waals surface area contributed by atoms with Crippen LogP contribution in [0, 0.1) is 5.41 Å². The largest absolute Gasteiger partial charge is 0.381 e. The number of ether oxygens (including phenoxy) is 1. The number of amides is 1. The Morgan fingerprint density at radius 2 is 2.14 bits per heavy atom. The summed E-state index contributed by atoms with van der Waals surface area (Å²) >= 11 is 3.45. The zero-order chi connectivity index (χ0) is 15.2. The molecule has 22 heavy (non-hydrogen) atoms. The molecule has 2 fully saturated rings. The van der Waals surface area contributed by atoms with Gasteiger partial charge >= 0.3 is 0 Å². The summed E-state index contributed by atoms with van der Waals surface area (Å²) in [6, 6.07) is 2.03. The van der Waals surface area contributed by atoms with E-state index in [2.05, 4.69) is 37.2 Å². The van der Waals surface area contributed by atoms with Crippen LogP contribution < -0.4 is 5.32 Å². The number of hydrogen-bond acceptors (Lipinski definition) is 4. The molecule has 3 aliphatic rings. The molecule has 1 aromatic rings. The van der Waals surface area contributed by atoms with Gasteiger partial charge in [-0.15, -0.1) is 0 Å². The van der Waals surface area contributed by atoms with E-state index in [-0.39, 0.29) is 11.9 Å². The average Bonchev–Trinajstić information content (AvgIpc) is 2.64. The standard InChI is InChI=1S/C16H20BrN3O2/c17-12-7-11-1-2-13(15(21)19-14(11)18-8-12)20-9-16(10-20)3-5-22-6-4-16/h7-8,13H,1-6,9-10H2,(H,18,19,21). The Labute approximate surface area is 138 Å². The zero-order valence-corrected chi connectivity index (χ0v) is 14.1. The van der Waals surface area contributed by atoms with E-state index in [1.807, 2.05) is 0 Å². The second-order valence-electron chi connectivity index (χ2n) is 6.72. The van der Waals surface area contributed by atoms with Crippen LogP contribution in [0.15, 0.2) is 16.7 Å². The van der Waals surface area contributed by atoms with Gasteiger partial charge in [0.25, 0.3) is 0 Å². The molecule has 4 rings (SSSR count). The van der Waals surface area contributed by atoms with Crippen molar-refractivity contribution in [3.63, 3.8) is 0 Å². The van der Waals surface area contributed by atoms with Crippen LogP contribution in [0.4, 0.5) is 5.82 Å². The van der Waals surface area contributed by atoms with Gasteiger partial charge in [0.2, 0.25) is 5.91 Å². The van der Waals surface area contributed by atoms with Gasteiger partial charge < -0.3 is 10.1 Å². The minimum absolute atomic E-state index is 0.0264. The van der Waals surface area contributed by atoms with E-state index in [4.69, 9.17) is 4.74 Å². The molecule has 1 spiro atoms. The number of hydrogen-bond donors (Lipinski definition) is 1. The first-order chi connectivity index (χ1) is 10.7. The van der Waals surface area contributed by atoms with Crippen LogP contribution in [0.1, 0.15) is 24.8 Å². The predicted molar refractivity (Wildman–Crippen MR) is 86.7 cm³/mol. The Hall–Kier alpha value is -0.980. The summed E-state index contributed by atoms with van der Waals surface area (Å²) in [7, 11) is 0. The number of pyridine rings is 1. The summed E-state index contributed by atoms with van der Waals surface area (Å²) < 4.78 is 6.43. The van der Waals surface area contributed by atoms with Crippen molar-refractivity contribution in [1.82, 2.24) is 9.88 Å². The fourth-order valence-electron chi connectivity index (χ4n) is 3.91. The Morgan fingerprint density at radius 3 is 2.91 bits per heavy atom. The Balaban J connectivity index is 1.45. The van der Waals surface area contributed by atoms with E-state index in [0.717, 1.165) is 67.8 Å². The number of aromatic nitrogens is 1. The maximum absolute atomic E-state index is 12.5. The van der Waals surface area contributed by atoms with Crippen LogP contribution in [0.2, 0.25) is 0 Å². The number of carbonyl (C=O) groups is 1. The molecule has 0 aromatic carbocycles. The van der Waals surface area contributed by atoms with E-state index >= 15 is 0 Å². The van der Waals surface area contributed by atoms with Crippen molar-refractivity contribution in [2.75, 3.05) is 31.6 Å². The smallest absolute Gasteiger partial charge is 0.242 e. The molecule has 1 aromatic heterocycles. The number of aryl methyl sites for hydroxylation is 1. The minimum atomic E-state index is -0.0264. The van der Waals surface area contributed by atoms with Crippen LogP contribution in [-0.2, 0) is 16.0 Å². The van der Waals surface area contributed by atoms with Crippen LogP contribution in [-0.4, -0.2) is 48.1 Å². The molecule has 0 saturated carbocycles. The van der Waals surface area contributed by atoms with Gasteiger partial charge in [-0.25, -0.2) is 4.98 Å². The Bertz CT molecular complexity index is 593. The predicted octanol–water partition coefficient (Wildman–Crippen LogP) is 2.21. The van der Waals surface area contributed by atoms with Gasteiger partial charge in [-0.1, -0.05) is 0 Å². The van der Waals surface area contributed by atoms with Gasteiger partial charge in [0.1, 0.15) is 5.82 Å². The van der Waals surface area contributed by atoms with Crippen molar-refractivity contribution >= 4 is 27.7 Å². The number of halogens is 1. The van der Waals surface area contributed by atoms with E-state index in [9.17, 15) is 4.79 Å². The summed E-state index contributed by atoms with van der Waals surface area (Å²) in [4.78, 5) is 19.2. The maximum Gasteiger partial charge on any atom is 0.242 e. The molecule has 2 saturated heterocycles. The summed E-state index contributed by atoms with van der Waals surface area (Å²) in [6.07, 6.45) is 5.75. The second kappa shape index (κ2) is 5.58. The van der Waals surface area contributed by atoms with Crippen molar-refractivity contribution in [3.8, 4) is 0 Å². The monoisotopic (exact) mass is 365 g/mol. The lowest BCUT2D eigenvalue weighted by Gasteiger charge is -2.54. The molecule has 0 aliphatic carbocycles. The maximum atomic E-state index is 12.5. The number of carbonyl (C=O) groups excluding carboxylic acids is 1. The first-order valence-corrected chi connectivity index (χ1v) is 8.72. The quantitative estimate of drug-likeness (QED) is 0.828. The molecule has 0 radical (unpaired) electrons. The summed E-state index contributed by atoms with van der Waals surface area (Å²) in [5.74, 6) is 0.812. The molecular formula is C16H20BrN3O2. The lowest BCUT2D eigenvalue weighted by molar-refractivity contribution is -0.134. The van der Waals surface area contributed by atoms with Gasteiger partial charge in [0.15, 0.2) is 0 Å². The third kappa shape index (κ3) is 2.57. The second-order valence-corrected chi connectivity index (χ2v) is 7.64. The van der Waals surface area contributed by atoms with Crippen LogP contribution in [0.5, 0.6) is 0 Å². The van der Waals surface area contributed by atoms with E-state index in [0.29, 0.717) is 5.41 Å². The highest BCUT2D eigenvalue weighted by atomic mass is 79.9. The van der Waals surface area contributed by atoms with Crippen molar-refractivity contribution in [2.24, 2.45) is 5.41 Å². The molecule has 5 nitrogen and oxygen atoms in total. The molecule has 1 N–H and O–H groups in total. The van der Waals surface area contributed by atoms with Crippen molar-refractivity contribution in [1.29, 1.82) is 0 Å². The fourth-order valence-corrected chi connectivity index (χ4v) is 4.29. The molecule has 1 unspecified atom stereocenters. The molecule has 3 aliphatic heterocycles. The normalized spacial score (nSPS) is 27.7. The summed E-state index contributed by atoms with van der Waals surface area (Å²) in [6.45, 7) is 3.80.